The van der Waals surface area contributed by atoms with Crippen LogP contribution in [0.25, 0.3) is 22.2 Å². The van der Waals surface area contributed by atoms with Crippen LogP contribution in [-0.2, 0) is 7.05 Å². The van der Waals surface area contributed by atoms with E-state index < -0.39 is 0 Å². The molecule has 3 rings (SSSR count). The lowest BCUT2D eigenvalue weighted by atomic mass is 10.1. The maximum atomic E-state index is 11.0. The summed E-state index contributed by atoms with van der Waals surface area (Å²) in [6.45, 7) is 0. The number of aryl methyl sites for hydroxylation is 1. The standard InChI is InChI=1S/C13H10N2O2/c1-15-8-14-13(11(15)6-16)10-7-17-12-5-3-2-4-9(10)12/h2-8H,1H3. The smallest absolute Gasteiger partial charge is 0.168 e. The molecule has 1 aromatic carbocycles. The lowest BCUT2D eigenvalue weighted by Gasteiger charge is -1.96. The summed E-state index contributed by atoms with van der Waals surface area (Å²) in [5.74, 6) is 0. The summed E-state index contributed by atoms with van der Waals surface area (Å²) in [6, 6.07) is 7.69. The topological polar surface area (TPSA) is 48.0 Å². The van der Waals surface area contributed by atoms with Crippen LogP contribution in [0.15, 0.2) is 41.3 Å². The number of nitrogens with zero attached hydrogens (tertiary/aromatic N) is 2. The largest absolute Gasteiger partial charge is 0.464 e. The van der Waals surface area contributed by atoms with Crippen LogP contribution in [-0.4, -0.2) is 15.8 Å². The lowest BCUT2D eigenvalue weighted by Crippen LogP contribution is -1.93. The molecule has 0 aliphatic rings. The van der Waals surface area contributed by atoms with Gasteiger partial charge in [-0.3, -0.25) is 4.79 Å². The molecule has 4 heteroatoms. The average Bonchev–Trinajstić information content (AvgIpc) is 2.92. The van der Waals surface area contributed by atoms with Crippen LogP contribution < -0.4 is 0 Å². The number of hydrogen-bond acceptors (Lipinski definition) is 3. The van der Waals surface area contributed by atoms with Gasteiger partial charge in [0.2, 0.25) is 0 Å². The number of carbonyl (C=O) groups excluding carboxylic acids is 1. The maximum absolute atomic E-state index is 11.0. The van der Waals surface area contributed by atoms with E-state index in [0.29, 0.717) is 11.4 Å². The summed E-state index contributed by atoms with van der Waals surface area (Å²) in [5.41, 5.74) is 2.86. The highest BCUT2D eigenvalue weighted by atomic mass is 16.3. The molecule has 0 aliphatic carbocycles. The van der Waals surface area contributed by atoms with E-state index in [2.05, 4.69) is 4.98 Å². The highest BCUT2D eigenvalue weighted by molar-refractivity contribution is 5.97. The van der Waals surface area contributed by atoms with Gasteiger partial charge in [-0.2, -0.15) is 0 Å². The van der Waals surface area contributed by atoms with Crippen LogP contribution in [0, 0.1) is 0 Å². The normalized spacial score (nSPS) is 10.9. The van der Waals surface area contributed by atoms with Crippen LogP contribution in [0.4, 0.5) is 0 Å². The van der Waals surface area contributed by atoms with Gasteiger partial charge in [-0.25, -0.2) is 4.98 Å². The molecule has 0 unspecified atom stereocenters. The van der Waals surface area contributed by atoms with Gasteiger partial charge >= 0.3 is 0 Å². The summed E-state index contributed by atoms with van der Waals surface area (Å²) in [7, 11) is 1.79. The van der Waals surface area contributed by atoms with Gasteiger partial charge in [-0.1, -0.05) is 18.2 Å². The monoisotopic (exact) mass is 226 g/mol. The third kappa shape index (κ3) is 1.38. The Morgan fingerprint density at radius 1 is 1.35 bits per heavy atom. The first-order valence-electron chi connectivity index (χ1n) is 5.24. The predicted octanol–water partition coefficient (Wildman–Crippen LogP) is 2.65. The van der Waals surface area contributed by atoms with Gasteiger partial charge < -0.3 is 8.98 Å². The first kappa shape index (κ1) is 9.84. The van der Waals surface area contributed by atoms with E-state index in [1.165, 1.54) is 0 Å². The van der Waals surface area contributed by atoms with Crippen molar-refractivity contribution < 1.29 is 9.21 Å². The second-order valence-corrected chi connectivity index (χ2v) is 3.85. The fourth-order valence-corrected chi connectivity index (χ4v) is 1.95. The van der Waals surface area contributed by atoms with E-state index >= 15 is 0 Å². The van der Waals surface area contributed by atoms with Crippen LogP contribution in [0.3, 0.4) is 0 Å². The zero-order chi connectivity index (χ0) is 11.8. The molecule has 17 heavy (non-hydrogen) atoms. The number of fused-ring (bicyclic) bond motifs is 1. The fraction of sp³-hybridized carbons (Fsp3) is 0.0769. The summed E-state index contributed by atoms with van der Waals surface area (Å²) in [4.78, 5) is 15.3. The Balaban J connectivity index is 2.31. The van der Waals surface area contributed by atoms with Crippen LogP contribution in [0.5, 0.6) is 0 Å². The predicted molar refractivity (Wildman–Crippen MR) is 63.8 cm³/mol. The molecule has 2 aromatic heterocycles. The Bertz CT molecular complexity index is 694. The van der Waals surface area contributed by atoms with Crippen molar-refractivity contribution in [3.63, 3.8) is 0 Å². The van der Waals surface area contributed by atoms with Crippen molar-refractivity contribution in [2.75, 3.05) is 0 Å². The quantitative estimate of drug-likeness (QED) is 0.631. The second-order valence-electron chi connectivity index (χ2n) is 3.85. The van der Waals surface area contributed by atoms with Crippen molar-refractivity contribution in [3.05, 3.63) is 42.5 Å². The summed E-state index contributed by atoms with van der Waals surface area (Å²) < 4.78 is 7.15. The molecule has 2 heterocycles. The number of benzene rings is 1. The second kappa shape index (κ2) is 3.59. The van der Waals surface area contributed by atoms with E-state index in [9.17, 15) is 4.79 Å². The van der Waals surface area contributed by atoms with E-state index in [4.69, 9.17) is 4.42 Å². The Morgan fingerprint density at radius 2 is 2.18 bits per heavy atom. The molecule has 0 spiro atoms. The molecule has 3 aromatic rings. The molecule has 0 N–H and O–H groups in total. The van der Waals surface area contributed by atoms with Gasteiger partial charge in [-0.15, -0.1) is 0 Å². The highest BCUT2D eigenvalue weighted by Gasteiger charge is 2.15. The highest BCUT2D eigenvalue weighted by Crippen LogP contribution is 2.30. The summed E-state index contributed by atoms with van der Waals surface area (Å²) in [6.07, 6.45) is 4.07. The first-order chi connectivity index (χ1) is 8.31. The lowest BCUT2D eigenvalue weighted by molar-refractivity contribution is 0.111. The molecule has 84 valence electrons. The number of aldehydes is 1. The molecular formula is C13H10N2O2. The third-order valence-corrected chi connectivity index (χ3v) is 2.83. The molecule has 0 amide bonds. The molecule has 0 aliphatic heterocycles. The number of hydrogen-bond donors (Lipinski definition) is 0. The maximum Gasteiger partial charge on any atom is 0.168 e. The number of furan rings is 1. The summed E-state index contributed by atoms with van der Waals surface area (Å²) in [5, 5.41) is 0.967. The zero-order valence-electron chi connectivity index (χ0n) is 9.25. The van der Waals surface area contributed by atoms with Gasteiger partial charge in [0.05, 0.1) is 6.33 Å². The minimum atomic E-state index is 0.552. The fourth-order valence-electron chi connectivity index (χ4n) is 1.95. The Kier molecular flexibility index (Phi) is 2.08. The van der Waals surface area contributed by atoms with E-state index in [-0.39, 0.29) is 0 Å². The van der Waals surface area contributed by atoms with Gasteiger partial charge in [0.1, 0.15) is 23.2 Å². The number of aromatic nitrogens is 2. The van der Waals surface area contributed by atoms with Crippen LogP contribution in [0.2, 0.25) is 0 Å². The molecule has 0 saturated carbocycles. The summed E-state index contributed by atoms with van der Waals surface area (Å²) >= 11 is 0. The van der Waals surface area contributed by atoms with E-state index in [1.54, 1.807) is 24.2 Å². The molecule has 0 fully saturated rings. The molecule has 0 saturated heterocycles. The third-order valence-electron chi connectivity index (χ3n) is 2.83. The van der Waals surface area contributed by atoms with E-state index in [1.807, 2.05) is 24.3 Å². The average molecular weight is 226 g/mol. The Morgan fingerprint density at radius 3 is 3.00 bits per heavy atom. The zero-order valence-corrected chi connectivity index (χ0v) is 9.25. The molecular weight excluding hydrogens is 216 g/mol. The minimum absolute atomic E-state index is 0.552. The first-order valence-corrected chi connectivity index (χ1v) is 5.24. The molecule has 0 radical (unpaired) electrons. The van der Waals surface area contributed by atoms with Gasteiger partial charge in [-0.05, 0) is 6.07 Å². The number of carbonyl (C=O) groups is 1. The number of imidazole rings is 1. The Hall–Kier alpha value is -2.36. The van der Waals surface area contributed by atoms with Crippen molar-refractivity contribution in [2.45, 2.75) is 0 Å². The molecule has 4 nitrogen and oxygen atoms in total. The van der Waals surface area contributed by atoms with Crippen molar-refractivity contribution in [3.8, 4) is 11.3 Å². The number of para-hydroxylation sites is 1. The van der Waals surface area contributed by atoms with Crippen molar-refractivity contribution in [1.29, 1.82) is 0 Å². The van der Waals surface area contributed by atoms with Gasteiger partial charge in [0.15, 0.2) is 6.29 Å². The van der Waals surface area contributed by atoms with Crippen LogP contribution >= 0.6 is 0 Å². The number of rotatable bonds is 2. The van der Waals surface area contributed by atoms with Crippen LogP contribution in [0.1, 0.15) is 10.5 Å². The molecule has 0 atom stereocenters. The van der Waals surface area contributed by atoms with E-state index in [0.717, 1.165) is 22.8 Å². The van der Waals surface area contributed by atoms with Crippen molar-refractivity contribution in [1.82, 2.24) is 9.55 Å². The van der Waals surface area contributed by atoms with Gasteiger partial charge in [0, 0.05) is 18.0 Å². The minimum Gasteiger partial charge on any atom is -0.464 e. The van der Waals surface area contributed by atoms with Gasteiger partial charge in [0.25, 0.3) is 0 Å². The molecule has 0 bridgehead atoms. The Labute approximate surface area is 97.5 Å². The van der Waals surface area contributed by atoms with Crippen molar-refractivity contribution in [2.24, 2.45) is 7.05 Å². The van der Waals surface area contributed by atoms with Crippen molar-refractivity contribution >= 4 is 17.3 Å². The SMILES string of the molecule is Cn1cnc(-c2coc3ccccc23)c1C=O.